The minimum Gasteiger partial charge on any atom is -0.344 e. The van der Waals surface area contributed by atoms with E-state index in [1.165, 1.54) is 0 Å². The van der Waals surface area contributed by atoms with Gasteiger partial charge >= 0.3 is 0 Å². The zero-order valence-electron chi connectivity index (χ0n) is 21.1. The van der Waals surface area contributed by atoms with E-state index < -0.39 is 0 Å². The first-order valence-electron chi connectivity index (χ1n) is 13.2. The van der Waals surface area contributed by atoms with E-state index in [2.05, 4.69) is 46.7 Å². The lowest BCUT2D eigenvalue weighted by Gasteiger charge is -2.11. The van der Waals surface area contributed by atoms with E-state index in [4.69, 9.17) is 30.0 Å². The molecule has 9 rings (SSSR count). The van der Waals surface area contributed by atoms with Gasteiger partial charge in [-0.1, -0.05) is 97.1 Å². The molecule has 4 aromatic rings. The van der Waals surface area contributed by atoms with Crippen LogP contribution in [-0.2, 0) is 0 Å². The fraction of sp³-hybridized carbons (Fsp3) is 0.0625. The third kappa shape index (κ3) is 3.07. The van der Waals surface area contributed by atoms with Crippen LogP contribution in [0.5, 0.6) is 0 Å². The summed E-state index contributed by atoms with van der Waals surface area (Å²) in [6, 6.07) is 24.4. The Labute approximate surface area is 228 Å². The molecule has 40 heavy (non-hydrogen) atoms. The number of benzene rings is 3. The molecule has 3 aromatic carbocycles. The number of aromatic amines is 1. The summed E-state index contributed by atoms with van der Waals surface area (Å²) in [5.41, 5.74) is 6.40. The molecular formula is C32H20N8. The van der Waals surface area contributed by atoms with Crippen molar-refractivity contribution in [3.63, 3.8) is 0 Å². The number of nitrogens with zero attached hydrogens (tertiary/aromatic N) is 6. The molecule has 1 aliphatic carbocycles. The molecule has 5 heterocycles. The number of amidine groups is 4. The summed E-state index contributed by atoms with van der Waals surface area (Å²) in [5.74, 6) is 3.16. The van der Waals surface area contributed by atoms with E-state index in [-0.39, 0.29) is 12.1 Å². The molecule has 5 aliphatic rings. The van der Waals surface area contributed by atoms with Crippen molar-refractivity contribution in [1.82, 2.24) is 10.3 Å². The Bertz CT molecular complexity index is 2150. The molecule has 4 aliphatic heterocycles. The molecule has 8 heteroatoms. The zero-order chi connectivity index (χ0) is 26.2. The van der Waals surface area contributed by atoms with Crippen LogP contribution in [0.1, 0.15) is 28.4 Å². The SMILES string of the molecule is C1=CC2=C3N=C(N=C4N=C(N=c5[nH]/c(c6ccccc56)=N\C5N/C(=N\3)c3ccccc35)c3ccccc34)C2C=C1. The molecule has 0 saturated carbocycles. The summed E-state index contributed by atoms with van der Waals surface area (Å²) in [5, 5.41) is 5.53. The maximum absolute atomic E-state index is 5.15. The van der Waals surface area contributed by atoms with Gasteiger partial charge in [-0.25, -0.2) is 30.0 Å². The Hall–Kier alpha value is -5.50. The maximum atomic E-state index is 5.15. The van der Waals surface area contributed by atoms with Crippen LogP contribution < -0.4 is 16.3 Å². The van der Waals surface area contributed by atoms with Gasteiger partial charge in [0.15, 0.2) is 17.5 Å². The second kappa shape index (κ2) is 8.00. The fourth-order valence-electron chi connectivity index (χ4n) is 5.88. The van der Waals surface area contributed by atoms with Crippen LogP contribution in [0, 0.1) is 5.92 Å². The summed E-state index contributed by atoms with van der Waals surface area (Å²) >= 11 is 0. The fourth-order valence-corrected chi connectivity index (χ4v) is 5.88. The summed E-state index contributed by atoms with van der Waals surface area (Å²) in [7, 11) is 0. The zero-order valence-corrected chi connectivity index (χ0v) is 21.1. The first-order valence-corrected chi connectivity index (χ1v) is 13.2. The minimum atomic E-state index is -0.319. The summed E-state index contributed by atoms with van der Waals surface area (Å²) in [4.78, 5) is 33.6. The Balaban J connectivity index is 1.37. The Kier molecular flexibility index (Phi) is 4.29. The van der Waals surface area contributed by atoms with E-state index in [9.17, 15) is 0 Å². The second-order valence-corrected chi connectivity index (χ2v) is 10.1. The molecule has 8 bridgehead atoms. The van der Waals surface area contributed by atoms with Gasteiger partial charge in [0.05, 0.1) is 5.92 Å². The summed E-state index contributed by atoms with van der Waals surface area (Å²) in [6.45, 7) is 0. The number of aliphatic imine (C=N–C) groups is 4. The maximum Gasteiger partial charge on any atom is 0.164 e. The van der Waals surface area contributed by atoms with Crippen LogP contribution in [0.3, 0.4) is 0 Å². The topological polar surface area (TPSA) is 102 Å². The Morgan fingerprint density at radius 1 is 0.625 bits per heavy atom. The van der Waals surface area contributed by atoms with E-state index in [1.807, 2.05) is 60.7 Å². The van der Waals surface area contributed by atoms with Gasteiger partial charge in [0.25, 0.3) is 0 Å². The van der Waals surface area contributed by atoms with Crippen molar-refractivity contribution in [2.24, 2.45) is 35.9 Å². The number of hydrogen-bond acceptors (Lipinski definition) is 7. The van der Waals surface area contributed by atoms with Gasteiger partial charge in [0.1, 0.15) is 28.8 Å². The lowest BCUT2D eigenvalue weighted by atomic mass is 9.95. The van der Waals surface area contributed by atoms with Crippen LogP contribution in [0.15, 0.2) is 138 Å². The number of fused-ring (bicyclic) bond motifs is 17. The van der Waals surface area contributed by atoms with E-state index in [0.29, 0.717) is 28.8 Å². The highest BCUT2D eigenvalue weighted by Gasteiger charge is 2.32. The molecule has 0 spiro atoms. The first-order chi connectivity index (χ1) is 19.8. The third-order valence-corrected chi connectivity index (χ3v) is 7.78. The molecule has 0 radical (unpaired) electrons. The molecule has 188 valence electrons. The lowest BCUT2D eigenvalue weighted by molar-refractivity contribution is 0.684. The van der Waals surface area contributed by atoms with Crippen molar-refractivity contribution in [2.45, 2.75) is 6.17 Å². The molecule has 2 atom stereocenters. The Morgan fingerprint density at radius 2 is 1.35 bits per heavy atom. The van der Waals surface area contributed by atoms with Gasteiger partial charge < -0.3 is 10.3 Å². The molecule has 0 amide bonds. The molecule has 0 fully saturated rings. The van der Waals surface area contributed by atoms with Crippen molar-refractivity contribution in [3.05, 3.63) is 142 Å². The molecule has 0 saturated heterocycles. The Morgan fingerprint density at radius 3 is 2.20 bits per heavy atom. The number of nitrogens with one attached hydrogen (secondary N) is 2. The number of aromatic nitrogens is 1. The number of hydrogen-bond donors (Lipinski definition) is 2. The van der Waals surface area contributed by atoms with Crippen LogP contribution >= 0.6 is 0 Å². The summed E-state index contributed by atoms with van der Waals surface area (Å²) < 4.78 is 0. The predicted molar refractivity (Wildman–Crippen MR) is 155 cm³/mol. The largest absolute Gasteiger partial charge is 0.344 e. The number of H-pyrrole nitrogens is 1. The highest BCUT2D eigenvalue weighted by molar-refractivity contribution is 6.25. The van der Waals surface area contributed by atoms with E-state index >= 15 is 0 Å². The molecule has 1 aromatic heterocycles. The molecule has 8 nitrogen and oxygen atoms in total. The van der Waals surface area contributed by atoms with Crippen molar-refractivity contribution in [2.75, 3.05) is 0 Å². The standard InChI is InChI=1S/C32H20N8/c1-2-10-18-17(9-1)25-33-26(18)38-28-21-13-5-6-14-22(21)30(35-28)40-32-24-16-8-7-15-23(24)31(36-32)39-29-20-12-4-3-11-19(20)27(34-29)37-25/h1-17,30H,(H,35,38)(H,33,34,36,37,39,40). The molecule has 2 unspecified atom stereocenters. The van der Waals surface area contributed by atoms with Crippen molar-refractivity contribution < 1.29 is 0 Å². The van der Waals surface area contributed by atoms with Crippen LogP contribution in [0.25, 0.3) is 10.8 Å². The van der Waals surface area contributed by atoms with Crippen molar-refractivity contribution >= 4 is 34.1 Å². The normalized spacial score (nSPS) is 23.6. The van der Waals surface area contributed by atoms with Gasteiger partial charge in [-0.2, -0.15) is 0 Å². The van der Waals surface area contributed by atoms with Crippen LogP contribution in [0.4, 0.5) is 0 Å². The average molecular weight is 517 g/mol. The van der Waals surface area contributed by atoms with Gasteiger partial charge in [-0.05, 0) is 0 Å². The van der Waals surface area contributed by atoms with Gasteiger partial charge in [0, 0.05) is 38.6 Å². The van der Waals surface area contributed by atoms with Gasteiger partial charge in [-0.3, -0.25) is 0 Å². The molecular weight excluding hydrogens is 496 g/mol. The number of allylic oxidation sites excluding steroid dienone is 3. The van der Waals surface area contributed by atoms with Crippen LogP contribution in [-0.4, -0.2) is 28.3 Å². The monoisotopic (exact) mass is 516 g/mol. The smallest absolute Gasteiger partial charge is 0.164 e. The first kappa shape index (κ1) is 21.4. The van der Waals surface area contributed by atoms with Crippen LogP contribution in [0.2, 0.25) is 0 Å². The lowest BCUT2D eigenvalue weighted by Crippen LogP contribution is -2.22. The minimum absolute atomic E-state index is 0.0949. The van der Waals surface area contributed by atoms with Crippen molar-refractivity contribution in [3.8, 4) is 0 Å². The summed E-state index contributed by atoms with van der Waals surface area (Å²) in [6.07, 6.45) is 7.90. The highest BCUT2D eigenvalue weighted by Crippen LogP contribution is 2.35. The molecule has 2 N–H and O–H groups in total. The highest BCUT2D eigenvalue weighted by atomic mass is 15.2. The predicted octanol–water partition coefficient (Wildman–Crippen LogP) is 4.04. The number of rotatable bonds is 0. The van der Waals surface area contributed by atoms with E-state index in [0.717, 1.165) is 49.9 Å². The third-order valence-electron chi connectivity index (χ3n) is 7.78. The van der Waals surface area contributed by atoms with Gasteiger partial charge in [-0.15, -0.1) is 0 Å². The van der Waals surface area contributed by atoms with Gasteiger partial charge in [0.2, 0.25) is 0 Å². The average Bonchev–Trinajstić information content (AvgIpc) is 3.73. The van der Waals surface area contributed by atoms with Crippen molar-refractivity contribution in [1.29, 1.82) is 0 Å². The second-order valence-electron chi connectivity index (χ2n) is 10.1. The quantitative estimate of drug-likeness (QED) is 0.362. The van der Waals surface area contributed by atoms with E-state index in [1.54, 1.807) is 0 Å².